The molecule has 0 unspecified atom stereocenters. The van der Waals surface area contributed by atoms with Crippen LogP contribution in [0, 0.1) is 0 Å². The number of alkyl halides is 6. The quantitative estimate of drug-likeness (QED) is 0.143. The van der Waals surface area contributed by atoms with Crippen molar-refractivity contribution in [2.24, 2.45) is 0 Å². The third-order valence-corrected chi connectivity index (χ3v) is 5.77. The number of pyridine rings is 1. The van der Waals surface area contributed by atoms with Crippen LogP contribution in [0.2, 0.25) is 0 Å². The molecule has 0 bridgehead atoms. The van der Waals surface area contributed by atoms with Gasteiger partial charge < -0.3 is 14.8 Å². The Morgan fingerprint density at radius 3 is 2.18 bits per heavy atom. The van der Waals surface area contributed by atoms with E-state index < -0.39 is 71.5 Å². The zero-order valence-corrected chi connectivity index (χ0v) is 24.1. The number of aryl methyl sites for hydroxylation is 1. The molecule has 1 heterocycles. The summed E-state index contributed by atoms with van der Waals surface area (Å²) >= 11 is 0. The number of carbonyl (C=O) groups excluding carboxylic acids is 3. The number of aromatic nitrogens is 1. The second-order valence-corrected chi connectivity index (χ2v) is 10.5. The number of amides is 2. The number of nitrogens with zero attached hydrogens (tertiary/aromatic N) is 1. The molecule has 3 rings (SSSR count). The number of Topliss-reactive ketones (excluding diaryl/α,β-unsaturated/α-hetero) is 1. The van der Waals surface area contributed by atoms with Crippen LogP contribution >= 0.6 is 0 Å². The standard InChI is InChI=1S/C30H29F6N3O5/c1-5-21-19(10-7-11-37-21)17-8-6-9-18(12-17)24(40)15-26(41)38-22-13-20(30(34,35)36)25(43-16-29(31,32)33)14-23(22)39-27(42)44-28(2,3)4/h6-14H,5,15-16H2,1-4H3,(H,38,41)(H,39,42). The Hall–Kier alpha value is -4.62. The van der Waals surface area contributed by atoms with E-state index >= 15 is 0 Å². The number of anilines is 2. The lowest BCUT2D eigenvalue weighted by atomic mass is 9.98. The topological polar surface area (TPSA) is 107 Å². The van der Waals surface area contributed by atoms with Gasteiger partial charge in [-0.3, -0.25) is 19.9 Å². The molecule has 2 amide bonds. The fourth-order valence-corrected chi connectivity index (χ4v) is 3.99. The van der Waals surface area contributed by atoms with Crippen molar-refractivity contribution in [1.29, 1.82) is 0 Å². The van der Waals surface area contributed by atoms with E-state index in [0.717, 1.165) is 11.3 Å². The van der Waals surface area contributed by atoms with E-state index in [9.17, 15) is 40.7 Å². The third-order valence-electron chi connectivity index (χ3n) is 5.77. The van der Waals surface area contributed by atoms with Gasteiger partial charge in [-0.2, -0.15) is 26.3 Å². The van der Waals surface area contributed by atoms with Crippen molar-refractivity contribution in [3.8, 4) is 16.9 Å². The molecule has 2 aromatic carbocycles. The van der Waals surface area contributed by atoms with Gasteiger partial charge in [-0.25, -0.2) is 4.79 Å². The summed E-state index contributed by atoms with van der Waals surface area (Å²) in [5, 5.41) is 4.25. The largest absolute Gasteiger partial charge is 0.483 e. The van der Waals surface area contributed by atoms with Crippen LogP contribution in [0.25, 0.3) is 11.1 Å². The number of hydrogen-bond donors (Lipinski definition) is 2. The summed E-state index contributed by atoms with van der Waals surface area (Å²) in [5.74, 6) is -2.98. The van der Waals surface area contributed by atoms with E-state index in [4.69, 9.17) is 4.74 Å². The minimum absolute atomic E-state index is 0.141. The molecule has 1 aromatic heterocycles. The van der Waals surface area contributed by atoms with E-state index in [2.05, 4.69) is 20.4 Å². The Kier molecular flexibility index (Phi) is 10.3. The van der Waals surface area contributed by atoms with Crippen molar-refractivity contribution in [1.82, 2.24) is 4.98 Å². The van der Waals surface area contributed by atoms with Crippen molar-refractivity contribution < 1.29 is 50.2 Å². The van der Waals surface area contributed by atoms with Crippen LogP contribution in [0.4, 0.5) is 42.5 Å². The third kappa shape index (κ3) is 9.71. The predicted molar refractivity (Wildman–Crippen MR) is 149 cm³/mol. The van der Waals surface area contributed by atoms with Gasteiger partial charge in [-0.05, 0) is 51.0 Å². The second kappa shape index (κ2) is 13.3. The summed E-state index contributed by atoms with van der Waals surface area (Å²) in [5.41, 5.74) is -1.56. The SMILES string of the molecule is CCc1ncccc1-c1cccc(C(=O)CC(=O)Nc2cc(C(F)(F)F)c(OCC(F)(F)F)cc2NC(=O)OC(C)(C)C)c1. The number of ether oxygens (including phenoxy) is 2. The highest BCUT2D eigenvalue weighted by atomic mass is 19.4. The first-order valence-electron chi connectivity index (χ1n) is 13.2. The molecule has 0 aliphatic heterocycles. The van der Waals surface area contributed by atoms with Crippen LogP contribution < -0.4 is 15.4 Å². The zero-order valence-electron chi connectivity index (χ0n) is 24.1. The summed E-state index contributed by atoms with van der Waals surface area (Å²) in [7, 11) is 0. The minimum Gasteiger partial charge on any atom is -0.483 e. The minimum atomic E-state index is -5.22. The van der Waals surface area contributed by atoms with Gasteiger partial charge in [-0.15, -0.1) is 0 Å². The average molecular weight is 626 g/mol. The van der Waals surface area contributed by atoms with E-state index in [-0.39, 0.29) is 5.56 Å². The van der Waals surface area contributed by atoms with Gasteiger partial charge in [0.15, 0.2) is 12.4 Å². The van der Waals surface area contributed by atoms with Crippen molar-refractivity contribution >= 4 is 29.2 Å². The van der Waals surface area contributed by atoms with Crippen molar-refractivity contribution in [3.63, 3.8) is 0 Å². The van der Waals surface area contributed by atoms with Crippen LogP contribution in [-0.4, -0.2) is 41.2 Å². The number of benzene rings is 2. The molecule has 0 saturated heterocycles. The lowest BCUT2D eigenvalue weighted by Gasteiger charge is -2.22. The van der Waals surface area contributed by atoms with Crippen molar-refractivity contribution in [3.05, 3.63) is 71.5 Å². The second-order valence-electron chi connectivity index (χ2n) is 10.5. The first-order chi connectivity index (χ1) is 20.4. The van der Waals surface area contributed by atoms with Gasteiger partial charge >= 0.3 is 18.4 Å². The number of carbonyl (C=O) groups is 3. The van der Waals surface area contributed by atoms with Crippen LogP contribution in [0.15, 0.2) is 54.7 Å². The monoisotopic (exact) mass is 625 g/mol. The Balaban J connectivity index is 1.93. The number of nitrogens with one attached hydrogen (secondary N) is 2. The van der Waals surface area contributed by atoms with E-state index in [0.29, 0.717) is 24.1 Å². The molecule has 0 fully saturated rings. The molecular formula is C30H29F6N3O5. The van der Waals surface area contributed by atoms with Crippen LogP contribution in [0.5, 0.6) is 5.75 Å². The smallest absolute Gasteiger partial charge is 0.422 e. The highest BCUT2D eigenvalue weighted by Gasteiger charge is 2.38. The molecule has 236 valence electrons. The van der Waals surface area contributed by atoms with Crippen LogP contribution in [0.1, 0.15) is 55.7 Å². The lowest BCUT2D eigenvalue weighted by Crippen LogP contribution is -2.28. The van der Waals surface area contributed by atoms with Crippen LogP contribution in [0.3, 0.4) is 0 Å². The fourth-order valence-electron chi connectivity index (χ4n) is 3.99. The first kappa shape index (κ1) is 33.9. The summed E-state index contributed by atoms with van der Waals surface area (Å²) in [6.07, 6.45) is -9.92. The summed E-state index contributed by atoms with van der Waals surface area (Å²) in [6.45, 7) is 4.35. The highest BCUT2D eigenvalue weighted by molar-refractivity contribution is 6.12. The molecule has 0 aliphatic rings. The Morgan fingerprint density at radius 1 is 0.886 bits per heavy atom. The molecule has 2 N–H and O–H groups in total. The maximum Gasteiger partial charge on any atom is 0.422 e. The Bertz CT molecular complexity index is 1530. The highest BCUT2D eigenvalue weighted by Crippen LogP contribution is 2.42. The van der Waals surface area contributed by atoms with Gasteiger partial charge in [0.1, 0.15) is 11.4 Å². The summed E-state index contributed by atoms with van der Waals surface area (Å²) in [4.78, 5) is 42.6. The average Bonchev–Trinajstić information content (AvgIpc) is 2.90. The molecule has 0 aliphatic carbocycles. The van der Waals surface area contributed by atoms with Gasteiger partial charge in [-0.1, -0.05) is 31.2 Å². The predicted octanol–water partition coefficient (Wildman–Crippen LogP) is 7.83. The molecule has 0 radical (unpaired) electrons. The fraction of sp³-hybridized carbons (Fsp3) is 0.333. The molecule has 44 heavy (non-hydrogen) atoms. The molecular weight excluding hydrogens is 596 g/mol. The Morgan fingerprint density at radius 2 is 1.57 bits per heavy atom. The van der Waals surface area contributed by atoms with Gasteiger partial charge in [0.05, 0.1) is 23.4 Å². The molecule has 3 aromatic rings. The summed E-state index contributed by atoms with van der Waals surface area (Å²) < 4.78 is 89.2. The Labute approximate surface area is 248 Å². The van der Waals surface area contributed by atoms with E-state index in [1.54, 1.807) is 30.5 Å². The molecule has 14 heteroatoms. The number of ketones is 1. The van der Waals surface area contributed by atoms with E-state index in [1.165, 1.54) is 26.8 Å². The normalized spacial score (nSPS) is 12.0. The van der Waals surface area contributed by atoms with Gasteiger partial charge in [0, 0.05) is 29.1 Å². The van der Waals surface area contributed by atoms with E-state index in [1.807, 2.05) is 13.0 Å². The molecule has 0 atom stereocenters. The molecule has 0 saturated carbocycles. The van der Waals surface area contributed by atoms with Crippen molar-refractivity contribution in [2.45, 2.75) is 58.5 Å². The molecule has 8 nitrogen and oxygen atoms in total. The number of rotatable bonds is 9. The number of hydrogen-bond acceptors (Lipinski definition) is 6. The van der Waals surface area contributed by atoms with Gasteiger partial charge in [0.2, 0.25) is 5.91 Å². The number of halogens is 6. The first-order valence-corrected chi connectivity index (χ1v) is 13.2. The van der Waals surface area contributed by atoms with Gasteiger partial charge in [0.25, 0.3) is 0 Å². The lowest BCUT2D eigenvalue weighted by molar-refractivity contribution is -0.158. The maximum atomic E-state index is 13.8. The molecule has 0 spiro atoms. The van der Waals surface area contributed by atoms with Crippen molar-refractivity contribution in [2.75, 3.05) is 17.2 Å². The maximum absolute atomic E-state index is 13.8. The zero-order chi connectivity index (χ0) is 32.9. The summed E-state index contributed by atoms with van der Waals surface area (Å²) in [6, 6.07) is 10.7. The van der Waals surface area contributed by atoms with Crippen LogP contribution in [-0.2, 0) is 22.1 Å².